The maximum Gasteiger partial charge on any atom is 0.0507 e. The molecular formula is C15H22N2O. The molecule has 2 aliphatic rings. The molecule has 1 aromatic carbocycles. The first-order valence-corrected chi connectivity index (χ1v) is 7.00. The fraction of sp³-hybridized carbons (Fsp3) is 0.600. The van der Waals surface area contributed by atoms with Crippen molar-refractivity contribution in [1.29, 1.82) is 0 Å². The standard InChI is InChI=1S/C15H22N2O/c1-2-4-14-9-17-15(7-13(14)3-1)10-16-8-12-5-6-18-11-12/h1-4,12,15-17H,5-11H2. The highest BCUT2D eigenvalue weighted by atomic mass is 16.5. The van der Waals surface area contributed by atoms with Gasteiger partial charge in [0.2, 0.25) is 0 Å². The monoisotopic (exact) mass is 246 g/mol. The third-order valence-corrected chi connectivity index (χ3v) is 4.01. The van der Waals surface area contributed by atoms with E-state index in [0.29, 0.717) is 6.04 Å². The van der Waals surface area contributed by atoms with Gasteiger partial charge in [0.05, 0.1) is 6.61 Å². The van der Waals surface area contributed by atoms with E-state index in [1.807, 2.05) is 0 Å². The van der Waals surface area contributed by atoms with Crippen LogP contribution in [0.5, 0.6) is 0 Å². The van der Waals surface area contributed by atoms with Gasteiger partial charge in [-0.25, -0.2) is 0 Å². The van der Waals surface area contributed by atoms with Crippen molar-refractivity contribution in [3.8, 4) is 0 Å². The number of ether oxygens (including phenoxy) is 1. The molecule has 0 aromatic heterocycles. The molecule has 98 valence electrons. The minimum Gasteiger partial charge on any atom is -0.381 e. The van der Waals surface area contributed by atoms with Gasteiger partial charge in [0.25, 0.3) is 0 Å². The van der Waals surface area contributed by atoms with Crippen LogP contribution in [0.1, 0.15) is 17.5 Å². The molecule has 2 aliphatic heterocycles. The summed E-state index contributed by atoms with van der Waals surface area (Å²) in [5, 5.41) is 7.19. The summed E-state index contributed by atoms with van der Waals surface area (Å²) in [5.41, 5.74) is 2.96. The number of fused-ring (bicyclic) bond motifs is 1. The zero-order valence-corrected chi connectivity index (χ0v) is 10.8. The van der Waals surface area contributed by atoms with Crippen molar-refractivity contribution < 1.29 is 4.74 Å². The Balaban J connectivity index is 1.44. The van der Waals surface area contributed by atoms with E-state index in [-0.39, 0.29) is 0 Å². The molecule has 0 spiro atoms. The summed E-state index contributed by atoms with van der Waals surface area (Å²) < 4.78 is 5.39. The van der Waals surface area contributed by atoms with E-state index in [2.05, 4.69) is 34.9 Å². The van der Waals surface area contributed by atoms with E-state index < -0.39 is 0 Å². The normalized spacial score (nSPS) is 27.1. The average Bonchev–Trinajstić information content (AvgIpc) is 2.92. The van der Waals surface area contributed by atoms with Crippen LogP contribution in [-0.4, -0.2) is 32.3 Å². The highest BCUT2D eigenvalue weighted by Gasteiger charge is 2.19. The van der Waals surface area contributed by atoms with Crippen molar-refractivity contribution in [2.24, 2.45) is 5.92 Å². The highest BCUT2D eigenvalue weighted by Crippen LogP contribution is 2.16. The molecule has 0 saturated carbocycles. The SMILES string of the molecule is c1ccc2c(c1)CNC(CNCC1CCOC1)C2. The quantitative estimate of drug-likeness (QED) is 0.841. The molecule has 3 heteroatoms. The topological polar surface area (TPSA) is 33.3 Å². The lowest BCUT2D eigenvalue weighted by Crippen LogP contribution is -2.43. The first-order valence-electron chi connectivity index (χ1n) is 7.00. The first-order chi connectivity index (χ1) is 8.92. The van der Waals surface area contributed by atoms with Gasteiger partial charge < -0.3 is 15.4 Å². The lowest BCUT2D eigenvalue weighted by Gasteiger charge is -2.26. The molecule has 2 N–H and O–H groups in total. The number of rotatable bonds is 4. The van der Waals surface area contributed by atoms with E-state index in [0.717, 1.165) is 45.2 Å². The maximum atomic E-state index is 5.39. The lowest BCUT2D eigenvalue weighted by molar-refractivity contribution is 0.185. The van der Waals surface area contributed by atoms with Crippen molar-refractivity contribution >= 4 is 0 Å². The molecule has 1 fully saturated rings. The zero-order chi connectivity index (χ0) is 12.2. The maximum absolute atomic E-state index is 5.39. The fourth-order valence-electron chi connectivity index (χ4n) is 2.87. The van der Waals surface area contributed by atoms with Crippen molar-refractivity contribution in [1.82, 2.24) is 10.6 Å². The molecule has 1 saturated heterocycles. The summed E-state index contributed by atoms with van der Waals surface area (Å²) in [5.74, 6) is 0.723. The molecule has 0 bridgehead atoms. The van der Waals surface area contributed by atoms with Crippen LogP contribution in [-0.2, 0) is 17.7 Å². The largest absolute Gasteiger partial charge is 0.381 e. The van der Waals surface area contributed by atoms with Gasteiger partial charge in [0, 0.05) is 32.3 Å². The van der Waals surface area contributed by atoms with Crippen molar-refractivity contribution in [3.63, 3.8) is 0 Å². The Bertz CT molecular complexity index is 388. The van der Waals surface area contributed by atoms with Gasteiger partial charge in [-0.3, -0.25) is 0 Å². The van der Waals surface area contributed by atoms with Gasteiger partial charge in [-0.2, -0.15) is 0 Å². The summed E-state index contributed by atoms with van der Waals surface area (Å²) in [6.07, 6.45) is 2.36. The van der Waals surface area contributed by atoms with Crippen molar-refractivity contribution in [3.05, 3.63) is 35.4 Å². The van der Waals surface area contributed by atoms with Gasteiger partial charge >= 0.3 is 0 Å². The van der Waals surface area contributed by atoms with Crippen LogP contribution in [0.3, 0.4) is 0 Å². The highest BCUT2D eigenvalue weighted by molar-refractivity contribution is 5.29. The molecular weight excluding hydrogens is 224 g/mol. The molecule has 1 aromatic rings. The summed E-state index contributed by atoms with van der Waals surface area (Å²) in [4.78, 5) is 0. The third-order valence-electron chi connectivity index (χ3n) is 4.01. The molecule has 2 unspecified atom stereocenters. The van der Waals surface area contributed by atoms with Crippen LogP contribution in [0.4, 0.5) is 0 Å². The predicted octanol–water partition coefficient (Wildman–Crippen LogP) is 1.33. The number of benzene rings is 1. The minimum atomic E-state index is 0.572. The first kappa shape index (κ1) is 12.2. The summed E-state index contributed by atoms with van der Waals surface area (Å²) >= 11 is 0. The Hall–Kier alpha value is -0.900. The predicted molar refractivity (Wildman–Crippen MR) is 72.6 cm³/mol. The smallest absolute Gasteiger partial charge is 0.0507 e. The molecule has 0 aliphatic carbocycles. The zero-order valence-electron chi connectivity index (χ0n) is 10.8. The Morgan fingerprint density at radius 2 is 2.11 bits per heavy atom. The second-order valence-corrected chi connectivity index (χ2v) is 5.44. The molecule has 18 heavy (non-hydrogen) atoms. The van der Waals surface area contributed by atoms with E-state index in [4.69, 9.17) is 4.74 Å². The van der Waals surface area contributed by atoms with Gasteiger partial charge in [-0.15, -0.1) is 0 Å². The van der Waals surface area contributed by atoms with E-state index in [1.54, 1.807) is 0 Å². The summed E-state index contributed by atoms with van der Waals surface area (Å²) in [6, 6.07) is 9.32. The van der Waals surface area contributed by atoms with E-state index in [9.17, 15) is 0 Å². The van der Waals surface area contributed by atoms with Crippen LogP contribution in [0, 0.1) is 5.92 Å². The lowest BCUT2D eigenvalue weighted by atomic mass is 9.96. The summed E-state index contributed by atoms with van der Waals surface area (Å²) in [6.45, 7) is 5.05. The second-order valence-electron chi connectivity index (χ2n) is 5.44. The number of hydrogen-bond acceptors (Lipinski definition) is 3. The Labute approximate surface area is 109 Å². The minimum absolute atomic E-state index is 0.572. The van der Waals surface area contributed by atoms with Crippen molar-refractivity contribution in [2.45, 2.75) is 25.4 Å². The fourth-order valence-corrected chi connectivity index (χ4v) is 2.87. The number of nitrogens with one attached hydrogen (secondary N) is 2. The average molecular weight is 246 g/mol. The molecule has 3 rings (SSSR count). The van der Waals surface area contributed by atoms with Crippen molar-refractivity contribution in [2.75, 3.05) is 26.3 Å². The molecule has 0 radical (unpaired) electrons. The molecule has 3 nitrogen and oxygen atoms in total. The van der Waals surface area contributed by atoms with E-state index in [1.165, 1.54) is 17.5 Å². The van der Waals surface area contributed by atoms with Gasteiger partial charge in [0.15, 0.2) is 0 Å². The Morgan fingerprint density at radius 1 is 1.22 bits per heavy atom. The van der Waals surface area contributed by atoms with Crippen LogP contribution < -0.4 is 10.6 Å². The van der Waals surface area contributed by atoms with Gasteiger partial charge in [0.1, 0.15) is 0 Å². The van der Waals surface area contributed by atoms with Gasteiger partial charge in [-0.1, -0.05) is 24.3 Å². The van der Waals surface area contributed by atoms with Crippen LogP contribution in [0.2, 0.25) is 0 Å². The van der Waals surface area contributed by atoms with Crippen LogP contribution >= 0.6 is 0 Å². The van der Waals surface area contributed by atoms with E-state index >= 15 is 0 Å². The third kappa shape index (κ3) is 2.91. The molecule has 0 amide bonds. The molecule has 2 heterocycles. The van der Waals surface area contributed by atoms with Gasteiger partial charge in [-0.05, 0) is 29.9 Å². The van der Waals surface area contributed by atoms with Crippen LogP contribution in [0.15, 0.2) is 24.3 Å². The second kappa shape index (κ2) is 5.83. The summed E-state index contributed by atoms with van der Waals surface area (Å²) in [7, 11) is 0. The molecule has 2 atom stereocenters. The Morgan fingerprint density at radius 3 is 2.94 bits per heavy atom. The van der Waals surface area contributed by atoms with Crippen LogP contribution in [0.25, 0.3) is 0 Å². The number of hydrogen-bond donors (Lipinski definition) is 2. The Kier molecular flexibility index (Phi) is 3.93.